The maximum absolute atomic E-state index is 13.9. The number of thiocarbonyl (C=S) groups is 1. The van der Waals surface area contributed by atoms with Gasteiger partial charge in [0.25, 0.3) is 0 Å². The predicted molar refractivity (Wildman–Crippen MR) is 164 cm³/mol. The second kappa shape index (κ2) is 13.1. The normalized spacial score (nSPS) is 18.9. The van der Waals surface area contributed by atoms with Crippen LogP contribution in [0.15, 0.2) is 42.5 Å². The van der Waals surface area contributed by atoms with E-state index in [-0.39, 0.29) is 17.4 Å². The molecule has 0 saturated heterocycles. The number of nitrogens with one attached hydrogen (secondary N) is 2. The first kappa shape index (κ1) is 30.2. The first-order chi connectivity index (χ1) is 17.9. The van der Waals surface area contributed by atoms with E-state index in [9.17, 15) is 4.79 Å². The topological polar surface area (TPSA) is 49.3 Å². The lowest BCUT2D eigenvalue weighted by atomic mass is 9.85. The summed E-state index contributed by atoms with van der Waals surface area (Å²) in [6.45, 7) is 18.7. The first-order valence-electron chi connectivity index (χ1n) is 14.5. The fourth-order valence-electron chi connectivity index (χ4n) is 5.73. The number of hydrogen-bond acceptors (Lipinski definition) is 2. The fourth-order valence-corrected chi connectivity index (χ4v) is 6.00. The summed E-state index contributed by atoms with van der Waals surface area (Å²) in [4.78, 5) is 15.9. The molecule has 2 N–H and O–H groups in total. The summed E-state index contributed by atoms with van der Waals surface area (Å²) in [5.74, 6) is 0.960. The Morgan fingerprint density at radius 3 is 2.18 bits per heavy atom. The van der Waals surface area contributed by atoms with E-state index in [0.29, 0.717) is 23.0 Å². The molecule has 6 heteroatoms. The third kappa shape index (κ3) is 7.84. The predicted octanol–water partition coefficient (Wildman–Crippen LogP) is 6.97. The highest BCUT2D eigenvalue weighted by molar-refractivity contribution is 7.80. The third-order valence-electron chi connectivity index (χ3n) is 7.44. The molecular formula is C32H50N4OS. The van der Waals surface area contributed by atoms with Crippen molar-refractivity contribution < 1.29 is 4.79 Å². The number of benzene rings is 1. The second-order valence-electron chi connectivity index (χ2n) is 13.0. The van der Waals surface area contributed by atoms with E-state index in [2.05, 4.69) is 113 Å². The van der Waals surface area contributed by atoms with E-state index < -0.39 is 6.04 Å². The number of amides is 1. The molecule has 38 heavy (non-hydrogen) atoms. The van der Waals surface area contributed by atoms with Crippen LogP contribution in [0.4, 0.5) is 0 Å². The van der Waals surface area contributed by atoms with Gasteiger partial charge in [0.15, 0.2) is 5.11 Å². The smallest absolute Gasteiger partial charge is 0.245 e. The van der Waals surface area contributed by atoms with Gasteiger partial charge in [-0.2, -0.15) is 0 Å². The molecular weight excluding hydrogens is 488 g/mol. The van der Waals surface area contributed by atoms with Crippen LogP contribution in [0.25, 0.3) is 11.3 Å². The standard InChI is InChI=1S/C32H50N4OS/c1-22(2)20-35(21-23(3)4)30(37)29(32(6,7)8)34-31(38)33-26-16-12-13-17-28(26)36-24(5)18-19-27(36)25-14-10-9-11-15-25/h9-11,14-15,18-19,22-23,26,28-29H,12-13,16-17,20-21H2,1-8H3,(H2,33,34,38)/t26-,28-,29?/m1/s1. The van der Waals surface area contributed by atoms with Crippen LogP contribution in [0.2, 0.25) is 0 Å². The molecule has 3 atom stereocenters. The Labute approximate surface area is 236 Å². The zero-order valence-corrected chi connectivity index (χ0v) is 25.7. The Morgan fingerprint density at radius 1 is 1.00 bits per heavy atom. The molecule has 0 spiro atoms. The summed E-state index contributed by atoms with van der Waals surface area (Å²) in [5, 5.41) is 7.73. The zero-order valence-electron chi connectivity index (χ0n) is 24.9. The lowest BCUT2D eigenvalue weighted by Crippen LogP contribution is -2.59. The quantitative estimate of drug-likeness (QED) is 0.339. The number of carbonyl (C=O) groups is 1. The highest BCUT2D eigenvalue weighted by Gasteiger charge is 2.36. The molecule has 1 amide bonds. The number of hydrogen-bond donors (Lipinski definition) is 2. The summed E-state index contributed by atoms with van der Waals surface area (Å²) in [7, 11) is 0. The van der Waals surface area contributed by atoms with E-state index in [1.165, 1.54) is 29.8 Å². The second-order valence-corrected chi connectivity index (χ2v) is 13.4. The van der Waals surface area contributed by atoms with Crippen LogP contribution in [0.5, 0.6) is 0 Å². The summed E-state index contributed by atoms with van der Waals surface area (Å²) in [6, 6.07) is 15.2. The van der Waals surface area contributed by atoms with Gasteiger partial charge in [0.1, 0.15) is 6.04 Å². The Morgan fingerprint density at radius 2 is 1.61 bits per heavy atom. The number of aromatic nitrogens is 1. The Kier molecular flexibility index (Phi) is 10.4. The highest BCUT2D eigenvalue weighted by atomic mass is 32.1. The molecule has 0 bridgehead atoms. The lowest BCUT2D eigenvalue weighted by Gasteiger charge is -2.39. The lowest BCUT2D eigenvalue weighted by molar-refractivity contribution is -0.136. The minimum absolute atomic E-state index is 0.136. The van der Waals surface area contributed by atoms with Crippen LogP contribution in [-0.2, 0) is 4.79 Å². The van der Waals surface area contributed by atoms with Crippen molar-refractivity contribution >= 4 is 23.2 Å². The summed E-state index contributed by atoms with van der Waals surface area (Å²) < 4.78 is 2.49. The molecule has 1 aromatic carbocycles. The number of nitrogens with zero attached hydrogens (tertiary/aromatic N) is 2. The van der Waals surface area contributed by atoms with E-state index in [4.69, 9.17) is 12.2 Å². The van der Waals surface area contributed by atoms with Crippen molar-refractivity contribution in [2.24, 2.45) is 17.3 Å². The Bertz CT molecular complexity index is 1040. The van der Waals surface area contributed by atoms with Crippen molar-refractivity contribution in [3.63, 3.8) is 0 Å². The molecule has 0 radical (unpaired) electrons. The maximum Gasteiger partial charge on any atom is 0.245 e. The average Bonchev–Trinajstić information content (AvgIpc) is 3.22. The van der Waals surface area contributed by atoms with Crippen LogP contribution in [0, 0.1) is 24.2 Å². The maximum atomic E-state index is 13.9. The van der Waals surface area contributed by atoms with Gasteiger partial charge in [-0.3, -0.25) is 4.79 Å². The first-order valence-corrected chi connectivity index (χ1v) is 14.9. The van der Waals surface area contributed by atoms with Crippen LogP contribution in [-0.4, -0.2) is 45.7 Å². The minimum Gasteiger partial charge on any atom is -0.358 e. The van der Waals surface area contributed by atoms with Gasteiger partial charge >= 0.3 is 0 Å². The van der Waals surface area contributed by atoms with Crippen molar-refractivity contribution in [3.8, 4) is 11.3 Å². The Balaban J connectivity index is 1.81. The summed E-state index contributed by atoms with van der Waals surface area (Å²) >= 11 is 5.90. The van der Waals surface area contributed by atoms with Gasteiger partial charge < -0.3 is 20.1 Å². The van der Waals surface area contributed by atoms with Crippen LogP contribution in [0.1, 0.15) is 85.9 Å². The van der Waals surface area contributed by atoms with Crippen LogP contribution >= 0.6 is 12.2 Å². The summed E-state index contributed by atoms with van der Waals surface area (Å²) in [5.41, 5.74) is 3.47. The van der Waals surface area contributed by atoms with Crippen molar-refractivity contribution in [3.05, 3.63) is 48.2 Å². The molecule has 1 fully saturated rings. The molecule has 1 aliphatic rings. The largest absolute Gasteiger partial charge is 0.358 e. The fraction of sp³-hybridized carbons (Fsp3) is 0.625. The van der Waals surface area contributed by atoms with Crippen molar-refractivity contribution in [1.29, 1.82) is 0 Å². The number of carbonyl (C=O) groups excluding carboxylic acids is 1. The zero-order chi connectivity index (χ0) is 28.0. The van der Waals surface area contributed by atoms with Gasteiger partial charge in [0.2, 0.25) is 5.91 Å². The molecule has 3 rings (SSSR count). The number of rotatable bonds is 9. The average molecular weight is 539 g/mol. The molecule has 1 aromatic heterocycles. The molecule has 1 saturated carbocycles. The third-order valence-corrected chi connectivity index (χ3v) is 7.68. The monoisotopic (exact) mass is 538 g/mol. The van der Waals surface area contributed by atoms with Gasteiger partial charge in [0, 0.05) is 30.5 Å². The molecule has 1 unspecified atom stereocenters. The molecule has 1 heterocycles. The van der Waals surface area contributed by atoms with Crippen molar-refractivity contribution in [2.45, 2.75) is 99.2 Å². The van der Waals surface area contributed by atoms with Gasteiger partial charge in [-0.05, 0) is 66.9 Å². The van der Waals surface area contributed by atoms with E-state index in [1.54, 1.807) is 0 Å². The molecule has 210 valence electrons. The van der Waals surface area contributed by atoms with Gasteiger partial charge in [-0.1, -0.05) is 91.6 Å². The van der Waals surface area contributed by atoms with E-state index in [0.717, 1.165) is 25.9 Å². The molecule has 5 nitrogen and oxygen atoms in total. The molecule has 1 aliphatic carbocycles. The van der Waals surface area contributed by atoms with Crippen molar-refractivity contribution in [2.75, 3.05) is 13.1 Å². The Hall–Kier alpha value is -2.34. The highest BCUT2D eigenvalue weighted by Crippen LogP contribution is 2.35. The van der Waals surface area contributed by atoms with Crippen LogP contribution < -0.4 is 10.6 Å². The van der Waals surface area contributed by atoms with Gasteiger partial charge in [0.05, 0.1) is 6.04 Å². The minimum atomic E-state index is -0.393. The van der Waals surface area contributed by atoms with Gasteiger partial charge in [-0.25, -0.2) is 0 Å². The summed E-state index contributed by atoms with van der Waals surface area (Å²) in [6.07, 6.45) is 4.54. The number of aryl methyl sites for hydroxylation is 1. The van der Waals surface area contributed by atoms with Crippen molar-refractivity contribution in [1.82, 2.24) is 20.1 Å². The van der Waals surface area contributed by atoms with Gasteiger partial charge in [-0.15, -0.1) is 0 Å². The SMILES string of the molecule is Cc1ccc(-c2ccccc2)n1[C@@H]1CCCC[C@H]1NC(=S)NC(C(=O)N(CC(C)C)CC(C)C)C(C)(C)C. The van der Waals surface area contributed by atoms with E-state index >= 15 is 0 Å². The molecule has 2 aromatic rings. The molecule has 0 aliphatic heterocycles. The van der Waals surface area contributed by atoms with Crippen LogP contribution in [0.3, 0.4) is 0 Å². The van der Waals surface area contributed by atoms with E-state index in [1.807, 2.05) is 4.90 Å².